The summed E-state index contributed by atoms with van der Waals surface area (Å²) < 4.78 is 11.8. The van der Waals surface area contributed by atoms with E-state index in [0.29, 0.717) is 5.75 Å². The fraction of sp³-hybridized carbons (Fsp3) is 0.286. The summed E-state index contributed by atoms with van der Waals surface area (Å²) in [5.41, 5.74) is 0.936. The van der Waals surface area contributed by atoms with Crippen LogP contribution in [-0.4, -0.2) is 17.6 Å². The van der Waals surface area contributed by atoms with E-state index in [-0.39, 0.29) is 5.91 Å². The van der Waals surface area contributed by atoms with Crippen molar-refractivity contribution in [1.29, 1.82) is 0 Å². The molecule has 25 heavy (non-hydrogen) atoms. The molecule has 3 aromatic rings. The third-order valence-electron chi connectivity index (χ3n) is 3.91. The van der Waals surface area contributed by atoms with Gasteiger partial charge >= 0.3 is 0 Å². The number of benzene rings is 2. The van der Waals surface area contributed by atoms with Gasteiger partial charge in [-0.25, -0.2) is 0 Å². The summed E-state index contributed by atoms with van der Waals surface area (Å²) in [6.45, 7) is 7.20. The Morgan fingerprint density at radius 1 is 1.16 bits per heavy atom. The van der Waals surface area contributed by atoms with Crippen molar-refractivity contribution in [2.45, 2.75) is 39.3 Å². The zero-order chi connectivity index (χ0) is 18.0. The Morgan fingerprint density at radius 2 is 1.88 bits per heavy atom. The Kier molecular flexibility index (Phi) is 4.41. The first-order valence-electron chi connectivity index (χ1n) is 8.24. The maximum atomic E-state index is 12.4. The third-order valence-corrected chi connectivity index (χ3v) is 3.91. The van der Waals surface area contributed by atoms with Gasteiger partial charge in [0.05, 0.1) is 10.9 Å². The number of hydrogen-bond acceptors (Lipinski definition) is 3. The summed E-state index contributed by atoms with van der Waals surface area (Å²) in [4.78, 5) is 12.4. The van der Waals surface area contributed by atoms with E-state index < -0.39 is 11.6 Å². The summed E-state index contributed by atoms with van der Waals surface area (Å²) >= 11 is 0. The van der Waals surface area contributed by atoms with Gasteiger partial charge in [-0.1, -0.05) is 30.2 Å². The molecule has 4 nitrogen and oxygen atoms in total. The second-order valence-electron chi connectivity index (χ2n) is 6.48. The van der Waals surface area contributed by atoms with Crippen molar-refractivity contribution in [3.8, 4) is 17.6 Å². The predicted octanol–water partition coefficient (Wildman–Crippen LogP) is 4.27. The topological polar surface area (TPSA) is 51.5 Å². The lowest BCUT2D eigenvalue weighted by Crippen LogP contribution is -2.47. The number of rotatable bonds is 4. The lowest BCUT2D eigenvalue weighted by molar-refractivity contribution is -0.128. The molecule has 3 rings (SSSR count). The molecule has 1 unspecified atom stereocenters. The lowest BCUT2D eigenvalue weighted by atomic mass is 10.1. The highest BCUT2D eigenvalue weighted by atomic mass is 16.5. The molecular weight excluding hydrogens is 314 g/mol. The van der Waals surface area contributed by atoms with Crippen LogP contribution in [0.5, 0.6) is 5.75 Å². The van der Waals surface area contributed by atoms with Crippen LogP contribution in [0.1, 0.15) is 27.7 Å². The van der Waals surface area contributed by atoms with E-state index in [9.17, 15) is 4.79 Å². The highest BCUT2D eigenvalue weighted by Crippen LogP contribution is 2.35. The van der Waals surface area contributed by atoms with Crippen molar-refractivity contribution in [3.05, 3.63) is 42.5 Å². The van der Waals surface area contributed by atoms with Crippen molar-refractivity contribution >= 4 is 27.8 Å². The van der Waals surface area contributed by atoms with Gasteiger partial charge in [-0.15, -0.1) is 5.92 Å². The van der Waals surface area contributed by atoms with E-state index in [1.165, 1.54) is 0 Å². The summed E-state index contributed by atoms with van der Waals surface area (Å²) in [6, 6.07) is 13.4. The van der Waals surface area contributed by atoms with E-state index in [4.69, 9.17) is 9.15 Å². The van der Waals surface area contributed by atoms with Gasteiger partial charge in [0, 0.05) is 5.39 Å². The first kappa shape index (κ1) is 16.9. The molecule has 0 bridgehead atoms. The van der Waals surface area contributed by atoms with Gasteiger partial charge in [-0.3, -0.25) is 4.79 Å². The Balaban J connectivity index is 1.89. The van der Waals surface area contributed by atoms with E-state index in [0.717, 1.165) is 21.9 Å². The molecule has 2 aromatic carbocycles. The van der Waals surface area contributed by atoms with Gasteiger partial charge in [-0.2, -0.15) is 0 Å². The molecule has 1 N–H and O–H groups in total. The van der Waals surface area contributed by atoms with Crippen LogP contribution in [0.4, 0.5) is 0 Å². The van der Waals surface area contributed by atoms with Crippen LogP contribution in [0.2, 0.25) is 0 Å². The Bertz CT molecular complexity index is 988. The second-order valence-corrected chi connectivity index (χ2v) is 6.48. The average molecular weight is 335 g/mol. The molecule has 0 fully saturated rings. The third kappa shape index (κ3) is 3.46. The number of furan rings is 1. The van der Waals surface area contributed by atoms with Gasteiger partial charge in [-0.05, 0) is 45.9 Å². The number of para-hydroxylation sites is 1. The molecule has 0 aliphatic rings. The van der Waals surface area contributed by atoms with Gasteiger partial charge < -0.3 is 14.5 Å². The first-order chi connectivity index (χ1) is 11.9. The molecule has 1 atom stereocenters. The van der Waals surface area contributed by atoms with Crippen molar-refractivity contribution in [1.82, 2.24) is 5.32 Å². The smallest absolute Gasteiger partial charge is 0.261 e. The number of fused-ring (bicyclic) bond motifs is 3. The minimum absolute atomic E-state index is 0.211. The minimum Gasteiger partial charge on any atom is -0.480 e. The number of amides is 1. The Hall–Kier alpha value is -2.93. The molecule has 0 spiro atoms. The highest BCUT2D eigenvalue weighted by molar-refractivity contribution is 6.08. The van der Waals surface area contributed by atoms with Gasteiger partial charge in [0.1, 0.15) is 16.9 Å². The molecule has 1 heterocycles. The van der Waals surface area contributed by atoms with Crippen LogP contribution in [0, 0.1) is 11.8 Å². The molecule has 0 saturated carbocycles. The standard InChI is InChI=1S/C21H21NO3/c1-5-13-21(3,4)22-20(23)14(2)24-17-11-8-12-18-19(17)15-9-6-7-10-16(15)25-18/h6-12,14H,1-4H3,(H,22,23). The second kappa shape index (κ2) is 6.52. The van der Waals surface area contributed by atoms with Gasteiger partial charge in [0.15, 0.2) is 6.10 Å². The molecule has 4 heteroatoms. The number of carbonyl (C=O) groups is 1. The SMILES string of the molecule is CC#CC(C)(C)NC(=O)C(C)Oc1cccc2oc3ccccc3c12. The zero-order valence-electron chi connectivity index (χ0n) is 14.8. The van der Waals surface area contributed by atoms with Crippen molar-refractivity contribution in [3.63, 3.8) is 0 Å². The van der Waals surface area contributed by atoms with Crippen LogP contribution in [0.25, 0.3) is 21.9 Å². The van der Waals surface area contributed by atoms with E-state index in [1.807, 2.05) is 56.3 Å². The number of nitrogens with one attached hydrogen (secondary N) is 1. The predicted molar refractivity (Wildman–Crippen MR) is 99.5 cm³/mol. The zero-order valence-corrected chi connectivity index (χ0v) is 14.8. The van der Waals surface area contributed by atoms with Crippen LogP contribution in [0.3, 0.4) is 0 Å². The quantitative estimate of drug-likeness (QED) is 0.724. The minimum atomic E-state index is -0.655. The monoisotopic (exact) mass is 335 g/mol. The molecule has 1 aromatic heterocycles. The van der Waals surface area contributed by atoms with E-state index in [2.05, 4.69) is 17.2 Å². The van der Waals surface area contributed by atoms with Crippen LogP contribution in [-0.2, 0) is 4.79 Å². The molecule has 0 radical (unpaired) electrons. The van der Waals surface area contributed by atoms with E-state index in [1.54, 1.807) is 13.8 Å². The summed E-state index contributed by atoms with van der Waals surface area (Å²) in [7, 11) is 0. The summed E-state index contributed by atoms with van der Waals surface area (Å²) in [5, 5.41) is 4.75. The summed E-state index contributed by atoms with van der Waals surface area (Å²) in [6.07, 6.45) is -0.655. The van der Waals surface area contributed by atoms with Crippen LogP contribution >= 0.6 is 0 Å². The molecule has 0 saturated heterocycles. The summed E-state index contributed by atoms with van der Waals surface area (Å²) in [5.74, 6) is 6.21. The van der Waals surface area contributed by atoms with Gasteiger partial charge in [0.2, 0.25) is 0 Å². The normalized spacial score (nSPS) is 12.5. The highest BCUT2D eigenvalue weighted by Gasteiger charge is 2.23. The number of hydrogen-bond donors (Lipinski definition) is 1. The Morgan fingerprint density at radius 3 is 2.64 bits per heavy atom. The average Bonchev–Trinajstić information content (AvgIpc) is 2.93. The van der Waals surface area contributed by atoms with Crippen molar-refractivity contribution < 1.29 is 13.9 Å². The largest absolute Gasteiger partial charge is 0.480 e. The molecular formula is C21H21NO3. The fourth-order valence-corrected chi connectivity index (χ4v) is 2.84. The van der Waals surface area contributed by atoms with E-state index >= 15 is 0 Å². The molecule has 1 amide bonds. The van der Waals surface area contributed by atoms with Crippen LogP contribution < -0.4 is 10.1 Å². The molecule has 0 aliphatic carbocycles. The molecule has 128 valence electrons. The first-order valence-corrected chi connectivity index (χ1v) is 8.24. The number of ether oxygens (including phenoxy) is 1. The van der Waals surface area contributed by atoms with Crippen LogP contribution in [0.15, 0.2) is 46.9 Å². The fourth-order valence-electron chi connectivity index (χ4n) is 2.84. The maximum absolute atomic E-state index is 12.4. The molecule has 0 aliphatic heterocycles. The maximum Gasteiger partial charge on any atom is 0.261 e. The van der Waals surface area contributed by atoms with Crippen molar-refractivity contribution in [2.24, 2.45) is 0 Å². The van der Waals surface area contributed by atoms with Crippen molar-refractivity contribution in [2.75, 3.05) is 0 Å². The Labute approximate surface area is 147 Å². The van der Waals surface area contributed by atoms with Gasteiger partial charge in [0.25, 0.3) is 5.91 Å². The lowest BCUT2D eigenvalue weighted by Gasteiger charge is -2.23. The number of carbonyl (C=O) groups excluding carboxylic acids is 1.